The normalized spacial score (nSPS) is 11.9. The zero-order valence-electron chi connectivity index (χ0n) is 23.5. The molecule has 1 unspecified atom stereocenters. The Hall–Kier alpha value is -3.56. The van der Waals surface area contributed by atoms with Gasteiger partial charge in [-0.05, 0) is 80.8 Å². The predicted molar refractivity (Wildman–Crippen MR) is 158 cm³/mol. The monoisotopic (exact) mass is 585 g/mol. The van der Waals surface area contributed by atoms with Gasteiger partial charge in [0, 0.05) is 18.1 Å². The van der Waals surface area contributed by atoms with Gasteiger partial charge < -0.3 is 15.0 Å². The average molecular weight is 586 g/mol. The van der Waals surface area contributed by atoms with E-state index in [0.29, 0.717) is 28.6 Å². The van der Waals surface area contributed by atoms with E-state index < -0.39 is 28.5 Å². The number of methoxy groups -OCH3 is 1. The van der Waals surface area contributed by atoms with Crippen molar-refractivity contribution in [1.82, 2.24) is 10.2 Å². The van der Waals surface area contributed by atoms with Crippen molar-refractivity contribution in [2.24, 2.45) is 0 Å². The number of carbonyl (C=O) groups is 2. The third kappa shape index (κ3) is 7.55. The summed E-state index contributed by atoms with van der Waals surface area (Å²) >= 11 is 6.16. The predicted octanol–water partition coefficient (Wildman–Crippen LogP) is 5.10. The van der Waals surface area contributed by atoms with E-state index in [2.05, 4.69) is 5.32 Å². The number of amides is 2. The van der Waals surface area contributed by atoms with Gasteiger partial charge in [0.2, 0.25) is 11.8 Å². The highest BCUT2D eigenvalue weighted by molar-refractivity contribution is 7.92. The molecule has 0 spiro atoms. The Balaban J connectivity index is 2.04. The summed E-state index contributed by atoms with van der Waals surface area (Å²) < 4.78 is 34.2. The van der Waals surface area contributed by atoms with Crippen molar-refractivity contribution in [3.05, 3.63) is 88.4 Å². The molecule has 3 aromatic rings. The lowest BCUT2D eigenvalue weighted by molar-refractivity contribution is -0.139. The average Bonchev–Trinajstić information content (AvgIpc) is 2.93. The summed E-state index contributed by atoms with van der Waals surface area (Å²) in [5, 5.41) is 3.28. The van der Waals surface area contributed by atoms with Crippen LogP contribution in [0.2, 0.25) is 5.02 Å². The third-order valence-electron chi connectivity index (χ3n) is 6.54. The maximum absolute atomic E-state index is 14.0. The number of aryl methyl sites for hydroxylation is 2. The van der Waals surface area contributed by atoms with E-state index >= 15 is 0 Å². The number of nitrogens with zero attached hydrogens (tertiary/aromatic N) is 2. The number of sulfonamides is 1. The molecule has 0 heterocycles. The first-order valence-electron chi connectivity index (χ1n) is 13.0. The highest BCUT2D eigenvalue weighted by atomic mass is 35.5. The molecule has 0 radical (unpaired) electrons. The Morgan fingerprint density at radius 2 is 1.65 bits per heavy atom. The van der Waals surface area contributed by atoms with Crippen LogP contribution in [0.1, 0.15) is 37.0 Å². The van der Waals surface area contributed by atoms with Gasteiger partial charge in [-0.2, -0.15) is 0 Å². The number of ether oxygens (including phenoxy) is 1. The Labute approximate surface area is 241 Å². The molecule has 0 aliphatic rings. The molecule has 0 aliphatic carbocycles. The molecule has 3 aromatic carbocycles. The van der Waals surface area contributed by atoms with Crippen LogP contribution in [0.5, 0.6) is 5.75 Å². The lowest BCUT2D eigenvalue weighted by atomic mass is 10.1. The number of anilines is 1. The van der Waals surface area contributed by atoms with Gasteiger partial charge >= 0.3 is 0 Å². The SMILES string of the molecule is CCCNC(=O)C(C)N(Cc1ccc(OC)cc1)C(=O)CN(c1ccc(Cl)cc1C)S(=O)(=O)c1ccc(C)cc1. The van der Waals surface area contributed by atoms with Gasteiger partial charge in [-0.1, -0.05) is 48.4 Å². The van der Waals surface area contributed by atoms with E-state index in [4.69, 9.17) is 16.3 Å². The second-order valence-corrected chi connectivity index (χ2v) is 11.9. The molecule has 0 saturated carbocycles. The highest BCUT2D eigenvalue weighted by Gasteiger charge is 2.33. The molecule has 8 nitrogen and oxygen atoms in total. The van der Waals surface area contributed by atoms with Crippen molar-refractivity contribution in [3.63, 3.8) is 0 Å². The summed E-state index contributed by atoms with van der Waals surface area (Å²) in [5.41, 5.74) is 2.58. The number of nitrogens with one attached hydrogen (secondary N) is 1. The van der Waals surface area contributed by atoms with Crippen LogP contribution >= 0.6 is 11.6 Å². The van der Waals surface area contributed by atoms with Gasteiger partial charge in [-0.25, -0.2) is 8.42 Å². The number of benzene rings is 3. The molecule has 214 valence electrons. The fraction of sp³-hybridized carbons (Fsp3) is 0.333. The Morgan fingerprint density at radius 1 is 1.00 bits per heavy atom. The largest absolute Gasteiger partial charge is 0.497 e. The minimum absolute atomic E-state index is 0.0516. The number of rotatable bonds is 12. The smallest absolute Gasteiger partial charge is 0.264 e. The van der Waals surface area contributed by atoms with Gasteiger partial charge in [0.05, 0.1) is 17.7 Å². The van der Waals surface area contributed by atoms with Crippen LogP contribution in [0.3, 0.4) is 0 Å². The summed E-state index contributed by atoms with van der Waals surface area (Å²) in [7, 11) is -2.59. The first-order chi connectivity index (χ1) is 19.0. The molecule has 1 N–H and O–H groups in total. The Bertz CT molecular complexity index is 1430. The fourth-order valence-electron chi connectivity index (χ4n) is 4.16. The number of hydrogen-bond donors (Lipinski definition) is 1. The molecule has 40 heavy (non-hydrogen) atoms. The second-order valence-electron chi connectivity index (χ2n) is 9.59. The van der Waals surface area contributed by atoms with Crippen molar-refractivity contribution in [1.29, 1.82) is 0 Å². The summed E-state index contributed by atoms with van der Waals surface area (Å²) in [6, 6.07) is 17.6. The number of hydrogen-bond acceptors (Lipinski definition) is 5. The fourth-order valence-corrected chi connectivity index (χ4v) is 5.86. The Morgan fingerprint density at radius 3 is 2.23 bits per heavy atom. The molecular formula is C30H36ClN3O5S. The first-order valence-corrected chi connectivity index (χ1v) is 14.9. The molecule has 0 saturated heterocycles. The lowest BCUT2D eigenvalue weighted by Gasteiger charge is -2.32. The van der Waals surface area contributed by atoms with E-state index in [9.17, 15) is 18.0 Å². The first kappa shape index (κ1) is 31.0. The van der Waals surface area contributed by atoms with Crippen molar-refractivity contribution < 1.29 is 22.7 Å². The molecule has 2 amide bonds. The van der Waals surface area contributed by atoms with Crippen molar-refractivity contribution in [3.8, 4) is 5.75 Å². The number of carbonyl (C=O) groups excluding carboxylic acids is 2. The van der Waals surface area contributed by atoms with Crippen molar-refractivity contribution >= 4 is 39.1 Å². The summed E-state index contributed by atoms with van der Waals surface area (Å²) in [5.74, 6) is -0.191. The standard InChI is InChI=1S/C30H36ClN3O5S/c1-6-17-32-30(36)23(4)33(19-24-9-12-26(39-5)13-10-24)29(35)20-34(28-16-11-25(31)18-22(28)3)40(37,38)27-14-7-21(2)8-15-27/h7-16,18,23H,6,17,19-20H2,1-5H3,(H,32,36). The minimum atomic E-state index is -4.15. The van der Waals surface area contributed by atoms with Crippen LogP contribution in [0.4, 0.5) is 5.69 Å². The molecule has 0 bridgehead atoms. The minimum Gasteiger partial charge on any atom is -0.497 e. The van der Waals surface area contributed by atoms with Gasteiger partial charge in [0.25, 0.3) is 10.0 Å². The van der Waals surface area contributed by atoms with Gasteiger partial charge in [0.1, 0.15) is 18.3 Å². The third-order valence-corrected chi connectivity index (χ3v) is 8.55. The zero-order valence-corrected chi connectivity index (χ0v) is 25.1. The number of halogens is 1. The van der Waals surface area contributed by atoms with Crippen molar-refractivity contribution in [2.45, 2.75) is 51.6 Å². The van der Waals surface area contributed by atoms with E-state index in [1.807, 2.05) is 13.8 Å². The lowest BCUT2D eigenvalue weighted by Crippen LogP contribution is -2.51. The Kier molecular flexibility index (Phi) is 10.6. The molecule has 0 fully saturated rings. The van der Waals surface area contributed by atoms with E-state index in [1.165, 1.54) is 17.0 Å². The zero-order chi connectivity index (χ0) is 29.4. The van der Waals surface area contributed by atoms with Crippen LogP contribution in [-0.4, -0.2) is 51.4 Å². The van der Waals surface area contributed by atoms with Gasteiger partial charge in [0.15, 0.2) is 0 Å². The quantitative estimate of drug-likeness (QED) is 0.319. The van der Waals surface area contributed by atoms with E-state index in [1.54, 1.807) is 75.6 Å². The van der Waals surface area contributed by atoms with Crippen LogP contribution < -0.4 is 14.4 Å². The maximum atomic E-state index is 14.0. The molecular weight excluding hydrogens is 550 g/mol. The molecule has 0 aliphatic heterocycles. The van der Waals surface area contributed by atoms with Crippen LogP contribution in [0.15, 0.2) is 71.6 Å². The summed E-state index contributed by atoms with van der Waals surface area (Å²) in [6.45, 7) is 7.22. The van der Waals surface area contributed by atoms with E-state index in [0.717, 1.165) is 21.9 Å². The molecule has 0 aromatic heterocycles. The molecule has 10 heteroatoms. The second kappa shape index (κ2) is 13.7. The maximum Gasteiger partial charge on any atom is 0.264 e. The van der Waals surface area contributed by atoms with Gasteiger partial charge in [-0.3, -0.25) is 13.9 Å². The summed E-state index contributed by atoms with van der Waals surface area (Å²) in [4.78, 5) is 28.4. The van der Waals surface area contributed by atoms with Crippen molar-refractivity contribution in [2.75, 3.05) is 24.5 Å². The highest BCUT2D eigenvalue weighted by Crippen LogP contribution is 2.29. The van der Waals surface area contributed by atoms with Crippen LogP contribution in [0.25, 0.3) is 0 Å². The molecule has 3 rings (SSSR count). The molecule has 1 atom stereocenters. The van der Waals surface area contributed by atoms with Crippen LogP contribution in [0, 0.1) is 13.8 Å². The topological polar surface area (TPSA) is 96.0 Å². The van der Waals surface area contributed by atoms with E-state index in [-0.39, 0.29) is 17.3 Å². The van der Waals surface area contributed by atoms with Gasteiger partial charge in [-0.15, -0.1) is 0 Å². The van der Waals surface area contributed by atoms with Crippen LogP contribution in [-0.2, 0) is 26.2 Å². The summed E-state index contributed by atoms with van der Waals surface area (Å²) in [6.07, 6.45) is 0.739.